The Morgan fingerprint density at radius 3 is 2.08 bits per heavy atom. The molecule has 5 nitrogen and oxygen atoms in total. The monoisotopic (exact) mass is 327 g/mol. The minimum Gasteiger partial charge on any atom is -0.356 e. The van der Waals surface area contributed by atoms with E-state index in [0.717, 1.165) is 42.6 Å². The van der Waals surface area contributed by atoms with Gasteiger partial charge in [0.1, 0.15) is 12.2 Å². The second-order valence-corrected chi connectivity index (χ2v) is 8.39. The van der Waals surface area contributed by atoms with Crippen LogP contribution in [0, 0.1) is 33.3 Å². The zero-order chi connectivity index (χ0) is 16.5. The minimum absolute atomic E-state index is 0.0726. The Morgan fingerprint density at radius 1 is 1.04 bits per heavy atom. The molecule has 4 aliphatic carbocycles. The topological polar surface area (TPSA) is 72.7 Å². The molecule has 0 aromatic heterocycles. The number of non-ortho nitro benzene ring substituents is 1. The first kappa shape index (κ1) is 14.6. The van der Waals surface area contributed by atoms with Gasteiger partial charge in [-0.05, 0) is 74.0 Å². The Bertz CT molecular complexity index is 675. The highest BCUT2D eigenvalue weighted by Gasteiger charge is 2.60. The highest BCUT2D eigenvalue weighted by molar-refractivity contribution is 5.92. The summed E-state index contributed by atoms with van der Waals surface area (Å²) in [6.45, 7) is 0. The van der Waals surface area contributed by atoms with E-state index in [1.807, 2.05) is 0 Å². The summed E-state index contributed by atoms with van der Waals surface area (Å²) in [5.74, 6) is 2.55. The van der Waals surface area contributed by atoms with Crippen LogP contribution in [0.1, 0.15) is 50.2 Å². The van der Waals surface area contributed by atoms with E-state index in [2.05, 4.69) is 0 Å². The summed E-state index contributed by atoms with van der Waals surface area (Å²) < 4.78 is 5.74. The van der Waals surface area contributed by atoms with Crippen molar-refractivity contribution in [2.24, 2.45) is 23.2 Å². The number of epoxide rings is 1. The number of nitrogens with zero attached hydrogens (tertiary/aromatic N) is 1. The van der Waals surface area contributed by atoms with Crippen molar-refractivity contribution < 1.29 is 14.5 Å². The molecule has 1 saturated heterocycles. The number of nitro benzene ring substituents is 1. The molecule has 0 radical (unpaired) electrons. The third-order valence-electron chi connectivity index (χ3n) is 6.74. The van der Waals surface area contributed by atoms with Crippen LogP contribution >= 0.6 is 0 Å². The van der Waals surface area contributed by atoms with E-state index in [4.69, 9.17) is 4.74 Å². The molecule has 1 aromatic rings. The lowest BCUT2D eigenvalue weighted by Crippen LogP contribution is -2.51. The first-order valence-corrected chi connectivity index (χ1v) is 8.98. The third kappa shape index (κ3) is 2.14. The maximum Gasteiger partial charge on any atom is 0.269 e. The van der Waals surface area contributed by atoms with Crippen LogP contribution in [-0.4, -0.2) is 16.8 Å². The quantitative estimate of drug-likeness (QED) is 0.479. The Morgan fingerprint density at radius 2 is 1.58 bits per heavy atom. The Hall–Kier alpha value is -1.75. The smallest absolute Gasteiger partial charge is 0.269 e. The lowest BCUT2D eigenvalue weighted by molar-refractivity contribution is -0.384. The minimum atomic E-state index is -0.407. The highest BCUT2D eigenvalue weighted by Crippen LogP contribution is 2.62. The average Bonchev–Trinajstić information content (AvgIpc) is 3.33. The van der Waals surface area contributed by atoms with E-state index < -0.39 is 4.92 Å². The molecular formula is C19H21NO4. The van der Waals surface area contributed by atoms with Gasteiger partial charge in [0.2, 0.25) is 0 Å². The van der Waals surface area contributed by atoms with Crippen molar-refractivity contribution in [3.63, 3.8) is 0 Å². The fraction of sp³-hybridized carbons (Fsp3) is 0.632. The fourth-order valence-electron chi connectivity index (χ4n) is 6.07. The van der Waals surface area contributed by atoms with Gasteiger partial charge in [0, 0.05) is 17.5 Å². The summed E-state index contributed by atoms with van der Waals surface area (Å²) in [4.78, 5) is 23.5. The molecule has 6 rings (SSSR count). The van der Waals surface area contributed by atoms with Crippen molar-refractivity contribution in [1.82, 2.24) is 0 Å². The summed E-state index contributed by atoms with van der Waals surface area (Å²) in [5, 5.41) is 10.8. The van der Waals surface area contributed by atoms with Crippen molar-refractivity contribution in [2.45, 2.75) is 50.7 Å². The molecule has 0 spiro atoms. The van der Waals surface area contributed by atoms with Gasteiger partial charge in [-0.3, -0.25) is 14.9 Å². The number of benzene rings is 1. The molecule has 4 bridgehead atoms. The van der Waals surface area contributed by atoms with Gasteiger partial charge in [-0.2, -0.15) is 0 Å². The van der Waals surface area contributed by atoms with Crippen LogP contribution < -0.4 is 0 Å². The summed E-state index contributed by atoms with van der Waals surface area (Å²) in [6.07, 6.45) is 6.62. The van der Waals surface area contributed by atoms with Crippen molar-refractivity contribution in [2.75, 3.05) is 0 Å². The molecule has 24 heavy (non-hydrogen) atoms. The third-order valence-corrected chi connectivity index (χ3v) is 6.74. The van der Waals surface area contributed by atoms with E-state index in [-0.39, 0.29) is 23.3 Å². The first-order chi connectivity index (χ1) is 11.5. The molecule has 0 unspecified atom stereocenters. The highest BCUT2D eigenvalue weighted by atomic mass is 16.6. The Kier molecular flexibility index (Phi) is 2.97. The van der Waals surface area contributed by atoms with Crippen molar-refractivity contribution in [3.8, 4) is 0 Å². The maximum absolute atomic E-state index is 13.2. The van der Waals surface area contributed by atoms with Crippen molar-refractivity contribution >= 4 is 11.5 Å². The number of carbonyl (C=O) groups excluding carboxylic acids is 1. The number of ether oxygens (including phenoxy) is 1. The summed E-state index contributed by atoms with van der Waals surface area (Å²) in [5.41, 5.74) is 0.821. The van der Waals surface area contributed by atoms with Crippen LogP contribution in [0.15, 0.2) is 24.3 Å². The fourth-order valence-corrected chi connectivity index (χ4v) is 6.07. The van der Waals surface area contributed by atoms with Gasteiger partial charge in [-0.25, -0.2) is 0 Å². The zero-order valence-electron chi connectivity index (χ0n) is 13.5. The van der Waals surface area contributed by atoms with Gasteiger partial charge >= 0.3 is 0 Å². The predicted octanol–water partition coefficient (Wildman–Crippen LogP) is 3.82. The van der Waals surface area contributed by atoms with Crippen LogP contribution in [0.2, 0.25) is 0 Å². The number of rotatable bonds is 4. The van der Waals surface area contributed by atoms with Gasteiger partial charge in [-0.1, -0.05) is 0 Å². The van der Waals surface area contributed by atoms with Gasteiger partial charge in [0.15, 0.2) is 5.78 Å². The summed E-state index contributed by atoms with van der Waals surface area (Å²) >= 11 is 0. The molecule has 2 atom stereocenters. The molecule has 5 heteroatoms. The van der Waals surface area contributed by atoms with Gasteiger partial charge in [0.05, 0.1) is 4.92 Å². The second-order valence-electron chi connectivity index (χ2n) is 8.39. The summed E-state index contributed by atoms with van der Waals surface area (Å²) in [7, 11) is 0. The van der Waals surface area contributed by atoms with Crippen LogP contribution in [0.3, 0.4) is 0 Å². The second kappa shape index (κ2) is 4.88. The Labute approximate surface area is 140 Å². The number of ketones is 1. The van der Waals surface area contributed by atoms with Crippen LogP contribution in [-0.2, 0) is 9.53 Å². The van der Waals surface area contributed by atoms with Crippen LogP contribution in [0.25, 0.3) is 0 Å². The molecule has 1 heterocycles. The van der Waals surface area contributed by atoms with Crippen molar-refractivity contribution in [3.05, 3.63) is 39.9 Å². The molecule has 0 amide bonds. The Balaban J connectivity index is 1.33. The average molecular weight is 327 g/mol. The molecule has 4 saturated carbocycles. The summed E-state index contributed by atoms with van der Waals surface area (Å²) in [6, 6.07) is 6.41. The van der Waals surface area contributed by atoms with Gasteiger partial charge in [-0.15, -0.1) is 0 Å². The van der Waals surface area contributed by atoms with E-state index in [1.54, 1.807) is 12.1 Å². The van der Waals surface area contributed by atoms with Crippen molar-refractivity contribution in [1.29, 1.82) is 0 Å². The molecule has 0 N–H and O–H groups in total. The largest absolute Gasteiger partial charge is 0.356 e. The predicted molar refractivity (Wildman–Crippen MR) is 86.3 cm³/mol. The first-order valence-electron chi connectivity index (χ1n) is 8.98. The number of nitro groups is 1. The molecule has 126 valence electrons. The molecule has 5 aliphatic rings. The van der Waals surface area contributed by atoms with E-state index in [0.29, 0.717) is 5.78 Å². The number of Topliss-reactive ketones (excluding diaryl/α,β-unsaturated/α-hetero) is 1. The van der Waals surface area contributed by atoms with E-state index in [1.165, 1.54) is 31.4 Å². The van der Waals surface area contributed by atoms with E-state index in [9.17, 15) is 14.9 Å². The number of hydrogen-bond donors (Lipinski definition) is 0. The molecular weight excluding hydrogens is 306 g/mol. The molecule has 5 fully saturated rings. The zero-order valence-corrected chi connectivity index (χ0v) is 13.5. The SMILES string of the molecule is O=C([C@@H]1O[C@@H]1c1ccc([N+](=O)[O-])cc1)C12CC3CC(CC(C3)C1)C2. The lowest BCUT2D eigenvalue weighted by atomic mass is 9.48. The van der Waals surface area contributed by atoms with Crippen LogP contribution in [0.4, 0.5) is 5.69 Å². The normalized spacial score (nSPS) is 42.1. The van der Waals surface area contributed by atoms with Gasteiger partial charge in [0.25, 0.3) is 5.69 Å². The number of carbonyl (C=O) groups is 1. The van der Waals surface area contributed by atoms with E-state index >= 15 is 0 Å². The molecule has 1 aliphatic heterocycles. The van der Waals surface area contributed by atoms with Crippen LogP contribution in [0.5, 0.6) is 0 Å². The lowest BCUT2D eigenvalue weighted by Gasteiger charge is -2.55. The molecule has 1 aromatic carbocycles. The standard InChI is InChI=1S/C19H21NO4/c21-18(19-8-11-5-12(9-19)7-13(6-11)10-19)17-16(24-17)14-1-3-15(4-2-14)20(22)23/h1-4,11-13,16-17H,5-10H2/t11?,12?,13?,16-,17-,19?/m1/s1. The maximum atomic E-state index is 13.2. The number of hydrogen-bond acceptors (Lipinski definition) is 4. The van der Waals surface area contributed by atoms with Gasteiger partial charge < -0.3 is 4.74 Å².